The van der Waals surface area contributed by atoms with Gasteiger partial charge >= 0.3 is 6.18 Å². The molecule has 0 radical (unpaired) electrons. The predicted molar refractivity (Wildman–Crippen MR) is 70.3 cm³/mol. The number of hydrogen-bond acceptors (Lipinski definition) is 3. The number of carbonyl (C=O) groups excluding carboxylic acids is 1. The van der Waals surface area contributed by atoms with E-state index in [1.54, 1.807) is 6.07 Å². The molecule has 0 aromatic heterocycles. The van der Waals surface area contributed by atoms with Crippen LogP contribution in [0.4, 0.5) is 13.2 Å². The first-order valence-corrected chi connectivity index (χ1v) is 6.60. The van der Waals surface area contributed by atoms with Gasteiger partial charge in [-0.3, -0.25) is 4.79 Å². The Kier molecular flexibility index (Phi) is 4.53. The summed E-state index contributed by atoms with van der Waals surface area (Å²) >= 11 is 0. The summed E-state index contributed by atoms with van der Waals surface area (Å²) in [5, 5.41) is 12.3. The number of rotatable bonds is 3. The van der Waals surface area contributed by atoms with Crippen LogP contribution >= 0.6 is 0 Å². The average molecular weight is 302 g/mol. The van der Waals surface area contributed by atoms with E-state index in [1.165, 1.54) is 18.0 Å². The second-order valence-corrected chi connectivity index (χ2v) is 5.24. The molecule has 2 rings (SSSR count). The normalized spacial score (nSPS) is 22.3. The van der Waals surface area contributed by atoms with Crippen molar-refractivity contribution in [2.45, 2.75) is 31.3 Å². The zero-order valence-electron chi connectivity index (χ0n) is 11.5. The lowest BCUT2D eigenvalue weighted by Gasteiger charge is -2.21. The van der Waals surface area contributed by atoms with Crippen molar-refractivity contribution in [2.75, 3.05) is 13.6 Å². The first-order valence-electron chi connectivity index (χ1n) is 6.60. The fraction of sp³-hybridized carbons (Fsp3) is 0.500. The third kappa shape index (κ3) is 3.95. The molecular weight excluding hydrogens is 285 g/mol. The van der Waals surface area contributed by atoms with Crippen LogP contribution in [0, 0.1) is 0 Å². The Hall–Kier alpha value is -1.60. The maximum atomic E-state index is 12.6. The Balaban J connectivity index is 2.02. The summed E-state index contributed by atoms with van der Waals surface area (Å²) in [7, 11) is 1.54. The molecule has 1 aliphatic heterocycles. The van der Waals surface area contributed by atoms with E-state index in [0.717, 1.165) is 12.1 Å². The van der Waals surface area contributed by atoms with Crippen LogP contribution < -0.4 is 5.32 Å². The number of alkyl halides is 3. The maximum Gasteiger partial charge on any atom is 0.416 e. The minimum atomic E-state index is -4.39. The number of aliphatic hydroxyl groups is 1. The number of benzene rings is 1. The van der Waals surface area contributed by atoms with E-state index in [0.29, 0.717) is 18.5 Å². The van der Waals surface area contributed by atoms with Crippen molar-refractivity contribution in [1.29, 1.82) is 0 Å². The number of nitrogens with one attached hydrogen (secondary N) is 1. The van der Waals surface area contributed by atoms with Crippen LogP contribution in [-0.4, -0.2) is 41.7 Å². The Morgan fingerprint density at radius 1 is 1.48 bits per heavy atom. The molecule has 0 bridgehead atoms. The van der Waals surface area contributed by atoms with E-state index >= 15 is 0 Å². The highest BCUT2D eigenvalue weighted by molar-refractivity contribution is 5.82. The SMILES string of the molecule is CN(Cc1cccc(C(F)(F)F)c1)C(=O)[C@@H]1C[C@H](O)CN1. The average Bonchev–Trinajstić information content (AvgIpc) is 2.84. The van der Waals surface area contributed by atoms with Gasteiger partial charge in [-0.15, -0.1) is 0 Å². The monoisotopic (exact) mass is 302 g/mol. The van der Waals surface area contributed by atoms with Gasteiger partial charge in [0.15, 0.2) is 0 Å². The molecule has 1 aliphatic rings. The smallest absolute Gasteiger partial charge is 0.392 e. The van der Waals surface area contributed by atoms with Crippen LogP contribution in [-0.2, 0) is 17.5 Å². The summed E-state index contributed by atoms with van der Waals surface area (Å²) in [6.07, 6.45) is -4.62. The number of carbonyl (C=O) groups is 1. The molecule has 0 unspecified atom stereocenters. The maximum absolute atomic E-state index is 12.6. The van der Waals surface area contributed by atoms with Gasteiger partial charge in [-0.2, -0.15) is 13.2 Å². The van der Waals surface area contributed by atoms with Gasteiger partial charge in [0.1, 0.15) is 0 Å². The number of hydrogen-bond donors (Lipinski definition) is 2. The Labute approximate surface area is 120 Å². The molecule has 0 spiro atoms. The number of likely N-dealkylation sites (N-methyl/N-ethyl adjacent to an activating group) is 1. The summed E-state index contributed by atoms with van der Waals surface area (Å²) in [4.78, 5) is 13.5. The zero-order chi connectivity index (χ0) is 15.6. The molecule has 1 aromatic rings. The van der Waals surface area contributed by atoms with Gasteiger partial charge < -0.3 is 15.3 Å². The molecule has 1 fully saturated rings. The number of aliphatic hydroxyl groups excluding tert-OH is 1. The van der Waals surface area contributed by atoms with E-state index in [1.807, 2.05) is 0 Å². The fourth-order valence-corrected chi connectivity index (χ4v) is 2.37. The van der Waals surface area contributed by atoms with Crippen LogP contribution in [0.3, 0.4) is 0 Å². The molecule has 2 atom stereocenters. The molecule has 4 nitrogen and oxygen atoms in total. The Morgan fingerprint density at radius 2 is 2.19 bits per heavy atom. The molecule has 7 heteroatoms. The highest BCUT2D eigenvalue weighted by Crippen LogP contribution is 2.29. The molecule has 0 saturated carbocycles. The molecule has 116 valence electrons. The molecule has 1 heterocycles. The van der Waals surface area contributed by atoms with E-state index < -0.39 is 23.9 Å². The molecule has 2 N–H and O–H groups in total. The highest BCUT2D eigenvalue weighted by Gasteiger charge is 2.32. The zero-order valence-corrected chi connectivity index (χ0v) is 11.5. The number of β-amino-alcohol motifs (C(OH)–C–C–N with tert-alkyl or cyclic N) is 1. The van der Waals surface area contributed by atoms with Crippen molar-refractivity contribution in [3.8, 4) is 0 Å². The van der Waals surface area contributed by atoms with Crippen molar-refractivity contribution in [3.05, 3.63) is 35.4 Å². The summed E-state index contributed by atoms with van der Waals surface area (Å²) in [5.41, 5.74) is -0.311. The number of nitrogens with zero attached hydrogens (tertiary/aromatic N) is 1. The van der Waals surface area contributed by atoms with Gasteiger partial charge in [-0.05, 0) is 24.1 Å². The van der Waals surface area contributed by atoms with E-state index in [2.05, 4.69) is 5.32 Å². The molecule has 1 amide bonds. The fourth-order valence-electron chi connectivity index (χ4n) is 2.37. The van der Waals surface area contributed by atoms with Crippen molar-refractivity contribution in [2.24, 2.45) is 0 Å². The van der Waals surface area contributed by atoms with Crippen molar-refractivity contribution >= 4 is 5.91 Å². The topological polar surface area (TPSA) is 52.6 Å². The van der Waals surface area contributed by atoms with Crippen LogP contribution in [0.2, 0.25) is 0 Å². The largest absolute Gasteiger partial charge is 0.416 e. The predicted octanol–water partition coefficient (Wildman–Crippen LogP) is 1.39. The van der Waals surface area contributed by atoms with E-state index in [9.17, 15) is 23.1 Å². The van der Waals surface area contributed by atoms with Crippen LogP contribution in [0.25, 0.3) is 0 Å². The molecule has 0 aliphatic carbocycles. The second kappa shape index (κ2) is 6.03. The molecule has 21 heavy (non-hydrogen) atoms. The quantitative estimate of drug-likeness (QED) is 0.887. The molecule has 1 saturated heterocycles. The first-order chi connectivity index (χ1) is 9.77. The summed E-state index contributed by atoms with van der Waals surface area (Å²) in [5.74, 6) is -0.232. The first kappa shape index (κ1) is 15.8. The Bertz CT molecular complexity index is 519. The van der Waals surface area contributed by atoms with Crippen LogP contribution in [0.1, 0.15) is 17.5 Å². The lowest BCUT2D eigenvalue weighted by atomic mass is 10.1. The number of halogens is 3. The van der Waals surface area contributed by atoms with E-state index in [-0.39, 0.29) is 12.5 Å². The van der Waals surface area contributed by atoms with Gasteiger partial charge in [0.25, 0.3) is 0 Å². The summed E-state index contributed by atoms with van der Waals surface area (Å²) < 4.78 is 37.9. The van der Waals surface area contributed by atoms with Gasteiger partial charge in [0, 0.05) is 20.1 Å². The molecule has 1 aromatic carbocycles. The summed E-state index contributed by atoms with van der Waals surface area (Å²) in [6, 6.07) is 4.45. The van der Waals surface area contributed by atoms with E-state index in [4.69, 9.17) is 0 Å². The third-order valence-electron chi connectivity index (χ3n) is 3.46. The summed E-state index contributed by atoms with van der Waals surface area (Å²) in [6.45, 7) is 0.449. The second-order valence-electron chi connectivity index (χ2n) is 5.24. The van der Waals surface area contributed by atoms with Gasteiger partial charge in [-0.25, -0.2) is 0 Å². The van der Waals surface area contributed by atoms with Crippen molar-refractivity contribution in [1.82, 2.24) is 10.2 Å². The lowest BCUT2D eigenvalue weighted by molar-refractivity contribution is -0.137. The van der Waals surface area contributed by atoms with Crippen molar-refractivity contribution in [3.63, 3.8) is 0 Å². The van der Waals surface area contributed by atoms with Gasteiger partial charge in [-0.1, -0.05) is 12.1 Å². The lowest BCUT2D eigenvalue weighted by Crippen LogP contribution is -2.41. The Morgan fingerprint density at radius 3 is 2.76 bits per heavy atom. The van der Waals surface area contributed by atoms with Crippen LogP contribution in [0.15, 0.2) is 24.3 Å². The molecular formula is C14H17F3N2O2. The standard InChI is InChI=1S/C14H17F3N2O2/c1-19(13(21)12-6-11(20)7-18-12)8-9-3-2-4-10(5-9)14(15,16)17/h2-5,11-12,18,20H,6-8H2,1H3/t11-,12-/m0/s1. The van der Waals surface area contributed by atoms with Gasteiger partial charge in [0.2, 0.25) is 5.91 Å². The minimum Gasteiger partial charge on any atom is -0.392 e. The minimum absolute atomic E-state index is 0.0943. The van der Waals surface area contributed by atoms with Crippen LogP contribution in [0.5, 0.6) is 0 Å². The van der Waals surface area contributed by atoms with Crippen molar-refractivity contribution < 1.29 is 23.1 Å². The van der Waals surface area contributed by atoms with Gasteiger partial charge in [0.05, 0.1) is 17.7 Å². The number of amides is 1. The third-order valence-corrected chi connectivity index (χ3v) is 3.46. The highest BCUT2D eigenvalue weighted by atomic mass is 19.4.